The average molecular weight is 343 g/mol. The largest absolute Gasteiger partial charge is 0.345 e. The van der Waals surface area contributed by atoms with E-state index in [0.717, 1.165) is 16.0 Å². The van der Waals surface area contributed by atoms with Crippen molar-refractivity contribution in [2.45, 2.75) is 12.5 Å². The number of pyridine rings is 1. The molecule has 0 aliphatic heterocycles. The molecule has 0 aliphatic rings. The van der Waals surface area contributed by atoms with Gasteiger partial charge in [-0.1, -0.05) is 35.9 Å². The van der Waals surface area contributed by atoms with Gasteiger partial charge in [-0.25, -0.2) is 0 Å². The van der Waals surface area contributed by atoms with E-state index in [0.29, 0.717) is 11.4 Å². The molecule has 0 saturated carbocycles. The molecule has 3 rings (SSSR count). The van der Waals surface area contributed by atoms with Crippen molar-refractivity contribution in [3.05, 3.63) is 87.3 Å². The van der Waals surface area contributed by atoms with E-state index in [1.807, 2.05) is 53.9 Å². The first-order valence-electron chi connectivity index (χ1n) is 7.19. The molecule has 23 heavy (non-hydrogen) atoms. The Bertz CT molecular complexity index is 757. The average Bonchev–Trinajstić information content (AvgIpc) is 3.07. The summed E-state index contributed by atoms with van der Waals surface area (Å²) in [5.41, 5.74) is 1.91. The van der Waals surface area contributed by atoms with Crippen LogP contribution in [0.5, 0.6) is 0 Å². The third kappa shape index (κ3) is 4.18. The van der Waals surface area contributed by atoms with Crippen molar-refractivity contribution in [2.24, 2.45) is 0 Å². The summed E-state index contributed by atoms with van der Waals surface area (Å²) in [6.07, 6.45) is 3.86. The van der Waals surface area contributed by atoms with Gasteiger partial charge in [-0.15, -0.1) is 11.3 Å². The number of halogens is 1. The summed E-state index contributed by atoms with van der Waals surface area (Å²) >= 11 is 7.55. The van der Waals surface area contributed by atoms with E-state index in [1.165, 1.54) is 0 Å². The number of carbonyl (C=O) groups excluding carboxylic acids is 1. The molecule has 5 heteroatoms. The number of nitrogens with one attached hydrogen (secondary N) is 1. The zero-order valence-electron chi connectivity index (χ0n) is 12.3. The summed E-state index contributed by atoms with van der Waals surface area (Å²) in [6, 6.07) is 15.0. The molecule has 116 valence electrons. The number of hydrogen-bond donors (Lipinski definition) is 1. The van der Waals surface area contributed by atoms with E-state index in [-0.39, 0.29) is 11.9 Å². The van der Waals surface area contributed by atoms with Gasteiger partial charge in [0, 0.05) is 22.3 Å². The first-order chi connectivity index (χ1) is 11.2. The molecule has 3 aromatic rings. The molecule has 3 nitrogen and oxygen atoms in total. The maximum Gasteiger partial charge on any atom is 0.226 e. The van der Waals surface area contributed by atoms with Gasteiger partial charge in [0.05, 0.1) is 12.5 Å². The van der Waals surface area contributed by atoms with Crippen molar-refractivity contribution in [2.75, 3.05) is 0 Å². The topological polar surface area (TPSA) is 42.0 Å². The summed E-state index contributed by atoms with van der Waals surface area (Å²) in [5.74, 6) is -0.0174. The molecular formula is C18H15ClN2OS. The Morgan fingerprint density at radius 3 is 2.61 bits per heavy atom. The van der Waals surface area contributed by atoms with Crippen LogP contribution in [0.3, 0.4) is 0 Å². The van der Waals surface area contributed by atoms with E-state index in [1.54, 1.807) is 23.7 Å². The lowest BCUT2D eigenvalue weighted by Crippen LogP contribution is -2.30. The zero-order valence-corrected chi connectivity index (χ0v) is 13.8. The van der Waals surface area contributed by atoms with E-state index in [2.05, 4.69) is 10.3 Å². The summed E-state index contributed by atoms with van der Waals surface area (Å²) in [5, 5.41) is 5.73. The smallest absolute Gasteiger partial charge is 0.226 e. The monoisotopic (exact) mass is 342 g/mol. The Morgan fingerprint density at radius 1 is 1.13 bits per heavy atom. The Labute approximate surface area is 144 Å². The second-order valence-corrected chi connectivity index (χ2v) is 6.56. The lowest BCUT2D eigenvalue weighted by Gasteiger charge is -2.19. The molecule has 0 unspecified atom stereocenters. The molecule has 2 aromatic heterocycles. The van der Waals surface area contributed by atoms with Crippen LogP contribution in [0.1, 0.15) is 22.0 Å². The second kappa shape index (κ2) is 7.40. The number of thiophene rings is 1. The molecule has 1 amide bonds. The van der Waals surface area contributed by atoms with Gasteiger partial charge in [-0.05, 0) is 40.8 Å². The fraction of sp³-hybridized carbons (Fsp3) is 0.111. The third-order valence-electron chi connectivity index (χ3n) is 3.44. The predicted octanol–water partition coefficient (Wildman–Crippen LogP) is 4.24. The minimum atomic E-state index is -0.242. The number of benzene rings is 1. The van der Waals surface area contributed by atoms with Crippen molar-refractivity contribution in [3.63, 3.8) is 0 Å². The molecular weight excluding hydrogens is 328 g/mol. The first-order valence-corrected chi connectivity index (χ1v) is 8.45. The Kier molecular flexibility index (Phi) is 5.05. The first kappa shape index (κ1) is 15.7. The molecule has 0 spiro atoms. The highest BCUT2D eigenvalue weighted by atomic mass is 35.5. The highest BCUT2D eigenvalue weighted by Gasteiger charge is 2.17. The van der Waals surface area contributed by atoms with Crippen LogP contribution in [-0.2, 0) is 11.2 Å². The standard InChI is InChI=1S/C18H15ClN2OS/c19-15-7-5-13(6-8-15)18(14-3-1-9-20-12-14)21-17(22)11-16-4-2-10-23-16/h1-10,12,18H,11H2,(H,21,22)/t18-/m0/s1. The molecule has 1 aromatic carbocycles. The van der Waals surface area contributed by atoms with Crippen LogP contribution >= 0.6 is 22.9 Å². The van der Waals surface area contributed by atoms with E-state index < -0.39 is 0 Å². The fourth-order valence-corrected chi connectivity index (χ4v) is 3.17. The van der Waals surface area contributed by atoms with Crippen LogP contribution in [0.25, 0.3) is 0 Å². The van der Waals surface area contributed by atoms with Gasteiger partial charge >= 0.3 is 0 Å². The molecule has 0 radical (unpaired) electrons. The molecule has 0 bridgehead atoms. The maximum absolute atomic E-state index is 12.4. The van der Waals surface area contributed by atoms with Gasteiger partial charge in [0.15, 0.2) is 0 Å². The van der Waals surface area contributed by atoms with Crippen LogP contribution in [0, 0.1) is 0 Å². The van der Waals surface area contributed by atoms with Crippen LogP contribution in [-0.4, -0.2) is 10.9 Å². The summed E-state index contributed by atoms with van der Waals surface area (Å²) in [4.78, 5) is 17.6. The van der Waals surface area contributed by atoms with Crippen LogP contribution in [0.2, 0.25) is 5.02 Å². The number of amides is 1. The highest BCUT2D eigenvalue weighted by Crippen LogP contribution is 2.23. The summed E-state index contributed by atoms with van der Waals surface area (Å²) in [7, 11) is 0. The number of nitrogens with zero attached hydrogens (tertiary/aromatic N) is 1. The van der Waals surface area contributed by atoms with Crippen LogP contribution < -0.4 is 5.32 Å². The minimum absolute atomic E-state index is 0.0174. The SMILES string of the molecule is O=C(Cc1cccs1)N[C@@H](c1ccc(Cl)cc1)c1cccnc1. The van der Waals surface area contributed by atoms with Gasteiger partial charge in [0.25, 0.3) is 0 Å². The Balaban J connectivity index is 1.83. The van der Waals surface area contributed by atoms with Gasteiger partial charge in [-0.3, -0.25) is 9.78 Å². The quantitative estimate of drug-likeness (QED) is 0.753. The lowest BCUT2D eigenvalue weighted by atomic mass is 10.00. The molecule has 0 aliphatic carbocycles. The predicted molar refractivity (Wildman–Crippen MR) is 93.7 cm³/mol. The van der Waals surface area contributed by atoms with Gasteiger partial charge in [0.1, 0.15) is 0 Å². The van der Waals surface area contributed by atoms with Crippen molar-refractivity contribution >= 4 is 28.8 Å². The number of carbonyl (C=O) groups is 1. The van der Waals surface area contributed by atoms with Crippen LogP contribution in [0.15, 0.2) is 66.3 Å². The molecule has 1 atom stereocenters. The van der Waals surface area contributed by atoms with Gasteiger partial charge < -0.3 is 5.32 Å². The molecule has 0 fully saturated rings. The Hall–Kier alpha value is -2.17. The summed E-state index contributed by atoms with van der Waals surface area (Å²) < 4.78 is 0. The molecule has 1 N–H and O–H groups in total. The van der Waals surface area contributed by atoms with Crippen LogP contribution in [0.4, 0.5) is 0 Å². The van der Waals surface area contributed by atoms with E-state index in [4.69, 9.17) is 11.6 Å². The van der Waals surface area contributed by atoms with Crippen molar-refractivity contribution in [1.29, 1.82) is 0 Å². The fourth-order valence-electron chi connectivity index (χ4n) is 2.34. The van der Waals surface area contributed by atoms with Crippen molar-refractivity contribution in [1.82, 2.24) is 10.3 Å². The minimum Gasteiger partial charge on any atom is -0.345 e. The van der Waals surface area contributed by atoms with Gasteiger partial charge in [0.2, 0.25) is 5.91 Å². The lowest BCUT2D eigenvalue weighted by molar-refractivity contribution is -0.120. The number of hydrogen-bond acceptors (Lipinski definition) is 3. The number of rotatable bonds is 5. The van der Waals surface area contributed by atoms with Crippen molar-refractivity contribution in [3.8, 4) is 0 Å². The Morgan fingerprint density at radius 2 is 1.96 bits per heavy atom. The highest BCUT2D eigenvalue weighted by molar-refractivity contribution is 7.10. The van der Waals surface area contributed by atoms with E-state index in [9.17, 15) is 4.79 Å². The molecule has 0 saturated heterocycles. The molecule has 2 heterocycles. The maximum atomic E-state index is 12.4. The third-order valence-corrected chi connectivity index (χ3v) is 4.57. The second-order valence-electron chi connectivity index (χ2n) is 5.09. The van der Waals surface area contributed by atoms with E-state index >= 15 is 0 Å². The number of aromatic nitrogens is 1. The van der Waals surface area contributed by atoms with Gasteiger partial charge in [-0.2, -0.15) is 0 Å². The normalized spacial score (nSPS) is 11.9. The van der Waals surface area contributed by atoms with Crippen molar-refractivity contribution < 1.29 is 4.79 Å². The summed E-state index contributed by atoms with van der Waals surface area (Å²) in [6.45, 7) is 0. The zero-order chi connectivity index (χ0) is 16.1.